The lowest BCUT2D eigenvalue weighted by molar-refractivity contribution is -0.144. The van der Waals surface area contributed by atoms with E-state index in [1.165, 1.54) is 0 Å². The minimum absolute atomic E-state index is 0.124. The number of nitrogens with one attached hydrogen (secondary N) is 1. The fraction of sp³-hybridized carbons (Fsp3) is 0.500. The van der Waals surface area contributed by atoms with Crippen LogP contribution in [-0.2, 0) is 14.3 Å². The SMILES string of the molecule is COc1ccc([C@H]2CC(=O)NC3=C2C(=O)OC3(C)C)cc1OCC(C)C. The number of carbonyl (C=O) groups excluding carboxylic acids is 2. The van der Waals surface area contributed by atoms with Gasteiger partial charge in [0.2, 0.25) is 5.91 Å². The van der Waals surface area contributed by atoms with Gasteiger partial charge in [0, 0.05) is 12.3 Å². The Kier molecular flexibility index (Phi) is 4.69. The first-order valence-corrected chi connectivity index (χ1v) is 8.81. The maximum atomic E-state index is 12.5. The first-order valence-electron chi connectivity index (χ1n) is 8.81. The molecular weight excluding hydrogens is 334 g/mol. The highest BCUT2D eigenvalue weighted by atomic mass is 16.6. The highest BCUT2D eigenvalue weighted by molar-refractivity contribution is 5.99. The molecule has 1 atom stereocenters. The summed E-state index contributed by atoms with van der Waals surface area (Å²) in [5, 5.41) is 2.81. The number of amides is 1. The molecule has 0 aliphatic carbocycles. The van der Waals surface area contributed by atoms with Gasteiger partial charge in [0.1, 0.15) is 5.60 Å². The minimum atomic E-state index is -0.829. The molecule has 0 spiro atoms. The second kappa shape index (κ2) is 6.67. The Morgan fingerprint density at radius 1 is 1.27 bits per heavy atom. The molecule has 1 aromatic carbocycles. The third kappa shape index (κ3) is 3.28. The summed E-state index contributed by atoms with van der Waals surface area (Å²) in [6.45, 7) is 8.24. The molecule has 2 heterocycles. The second-order valence-corrected chi connectivity index (χ2v) is 7.61. The standard InChI is InChI=1S/C20H25NO5/c1-11(2)10-25-15-8-12(6-7-14(15)24-5)13-9-16(22)21-18-17(13)19(23)26-20(18,3)4/h6-8,11,13H,9-10H2,1-5H3,(H,21,22)/t13-/m1/s1. The summed E-state index contributed by atoms with van der Waals surface area (Å²) in [5.41, 5.74) is 1.09. The van der Waals surface area contributed by atoms with Crippen molar-refractivity contribution in [3.63, 3.8) is 0 Å². The topological polar surface area (TPSA) is 73.9 Å². The van der Waals surface area contributed by atoms with E-state index in [1.807, 2.05) is 18.2 Å². The smallest absolute Gasteiger partial charge is 0.337 e. The molecule has 2 aliphatic rings. The van der Waals surface area contributed by atoms with Crippen LogP contribution in [0.15, 0.2) is 29.5 Å². The van der Waals surface area contributed by atoms with Gasteiger partial charge in [0.15, 0.2) is 11.5 Å². The number of cyclic esters (lactones) is 1. The first-order chi connectivity index (χ1) is 12.2. The molecule has 1 N–H and O–H groups in total. The van der Waals surface area contributed by atoms with E-state index >= 15 is 0 Å². The van der Waals surface area contributed by atoms with E-state index in [0.717, 1.165) is 5.56 Å². The van der Waals surface area contributed by atoms with Crippen molar-refractivity contribution in [2.24, 2.45) is 5.92 Å². The predicted molar refractivity (Wildman–Crippen MR) is 96.0 cm³/mol. The van der Waals surface area contributed by atoms with Crippen molar-refractivity contribution >= 4 is 11.9 Å². The molecule has 0 radical (unpaired) electrons. The Bertz CT molecular complexity index is 778. The predicted octanol–water partition coefficient (Wildman–Crippen LogP) is 2.92. The van der Waals surface area contributed by atoms with E-state index in [-0.39, 0.29) is 24.2 Å². The van der Waals surface area contributed by atoms with E-state index in [1.54, 1.807) is 21.0 Å². The summed E-state index contributed by atoms with van der Waals surface area (Å²) in [5.74, 6) is 0.732. The number of carbonyl (C=O) groups is 2. The largest absolute Gasteiger partial charge is 0.493 e. The maximum absolute atomic E-state index is 12.5. The third-order valence-electron chi connectivity index (χ3n) is 4.60. The molecule has 0 saturated heterocycles. The van der Waals surface area contributed by atoms with Gasteiger partial charge in [-0.2, -0.15) is 0 Å². The zero-order valence-corrected chi connectivity index (χ0v) is 15.8. The summed E-state index contributed by atoms with van der Waals surface area (Å²) in [6.07, 6.45) is 0.194. The lowest BCUT2D eigenvalue weighted by atomic mass is 9.82. The zero-order valence-electron chi connectivity index (χ0n) is 15.8. The Hall–Kier alpha value is -2.50. The van der Waals surface area contributed by atoms with Gasteiger partial charge in [-0.25, -0.2) is 4.79 Å². The van der Waals surface area contributed by atoms with Crippen LogP contribution in [0.4, 0.5) is 0 Å². The molecule has 140 valence electrons. The highest BCUT2D eigenvalue weighted by Gasteiger charge is 2.47. The van der Waals surface area contributed by atoms with Crippen LogP contribution < -0.4 is 14.8 Å². The van der Waals surface area contributed by atoms with Gasteiger partial charge in [-0.05, 0) is 37.5 Å². The van der Waals surface area contributed by atoms with E-state index in [9.17, 15) is 9.59 Å². The van der Waals surface area contributed by atoms with Gasteiger partial charge in [-0.3, -0.25) is 4.79 Å². The van der Waals surface area contributed by atoms with Crippen molar-refractivity contribution in [3.8, 4) is 11.5 Å². The molecular formula is C20H25NO5. The van der Waals surface area contributed by atoms with Crippen molar-refractivity contribution in [2.45, 2.75) is 45.6 Å². The van der Waals surface area contributed by atoms with Gasteiger partial charge in [-0.1, -0.05) is 19.9 Å². The molecule has 1 amide bonds. The van der Waals surface area contributed by atoms with Crippen LogP contribution in [-0.4, -0.2) is 31.2 Å². The van der Waals surface area contributed by atoms with Gasteiger partial charge in [0.05, 0.1) is 25.0 Å². The van der Waals surface area contributed by atoms with Crippen LogP contribution >= 0.6 is 0 Å². The summed E-state index contributed by atoms with van der Waals surface area (Å²) in [4.78, 5) is 24.7. The third-order valence-corrected chi connectivity index (χ3v) is 4.60. The Morgan fingerprint density at radius 3 is 2.65 bits per heavy atom. The Morgan fingerprint density at radius 2 is 2.00 bits per heavy atom. The Balaban J connectivity index is 2.02. The lowest BCUT2D eigenvalue weighted by Crippen LogP contribution is -2.38. The van der Waals surface area contributed by atoms with Crippen LogP contribution in [0.3, 0.4) is 0 Å². The molecule has 0 saturated carbocycles. The summed E-state index contributed by atoms with van der Waals surface area (Å²) in [6, 6.07) is 5.53. The van der Waals surface area contributed by atoms with Crippen molar-refractivity contribution in [2.75, 3.05) is 13.7 Å². The molecule has 0 bridgehead atoms. The number of hydrogen-bond donors (Lipinski definition) is 1. The molecule has 3 rings (SSSR count). The van der Waals surface area contributed by atoms with E-state index < -0.39 is 5.60 Å². The number of ether oxygens (including phenoxy) is 3. The molecule has 2 aliphatic heterocycles. The molecule has 6 nitrogen and oxygen atoms in total. The lowest BCUT2D eigenvalue weighted by Gasteiger charge is -2.27. The van der Waals surface area contributed by atoms with Crippen LogP contribution in [0.2, 0.25) is 0 Å². The number of benzene rings is 1. The summed E-state index contributed by atoms with van der Waals surface area (Å²) >= 11 is 0. The maximum Gasteiger partial charge on any atom is 0.337 e. The minimum Gasteiger partial charge on any atom is -0.493 e. The van der Waals surface area contributed by atoms with Crippen molar-refractivity contribution < 1.29 is 23.8 Å². The van der Waals surface area contributed by atoms with Crippen LogP contribution in [0, 0.1) is 5.92 Å². The zero-order chi connectivity index (χ0) is 19.1. The van der Waals surface area contributed by atoms with Crippen molar-refractivity contribution in [1.29, 1.82) is 0 Å². The first kappa shape index (κ1) is 18.3. The molecule has 0 aromatic heterocycles. The van der Waals surface area contributed by atoms with Gasteiger partial charge in [0.25, 0.3) is 0 Å². The quantitative estimate of drug-likeness (QED) is 0.818. The average molecular weight is 359 g/mol. The molecule has 26 heavy (non-hydrogen) atoms. The van der Waals surface area contributed by atoms with E-state index in [2.05, 4.69) is 19.2 Å². The van der Waals surface area contributed by atoms with E-state index in [0.29, 0.717) is 35.3 Å². The molecule has 6 heteroatoms. The fourth-order valence-corrected chi connectivity index (χ4v) is 3.34. The summed E-state index contributed by atoms with van der Waals surface area (Å²) in [7, 11) is 1.59. The highest BCUT2D eigenvalue weighted by Crippen LogP contribution is 2.44. The van der Waals surface area contributed by atoms with Crippen LogP contribution in [0.1, 0.15) is 45.6 Å². The van der Waals surface area contributed by atoms with Crippen molar-refractivity contribution in [3.05, 3.63) is 35.0 Å². The van der Waals surface area contributed by atoms with Crippen LogP contribution in [0.5, 0.6) is 11.5 Å². The summed E-state index contributed by atoms with van der Waals surface area (Å²) < 4.78 is 16.7. The number of esters is 1. The van der Waals surface area contributed by atoms with Gasteiger partial charge < -0.3 is 19.5 Å². The Labute approximate surface area is 153 Å². The average Bonchev–Trinajstić information content (AvgIpc) is 2.80. The van der Waals surface area contributed by atoms with Gasteiger partial charge >= 0.3 is 5.97 Å². The second-order valence-electron chi connectivity index (χ2n) is 7.61. The van der Waals surface area contributed by atoms with E-state index in [4.69, 9.17) is 14.2 Å². The van der Waals surface area contributed by atoms with Crippen LogP contribution in [0.25, 0.3) is 0 Å². The number of methoxy groups -OCH3 is 1. The monoisotopic (exact) mass is 359 g/mol. The number of hydrogen-bond acceptors (Lipinski definition) is 5. The molecule has 1 aromatic rings. The normalized spacial score (nSPS) is 21.4. The van der Waals surface area contributed by atoms with Crippen molar-refractivity contribution in [1.82, 2.24) is 5.32 Å². The fourth-order valence-electron chi connectivity index (χ4n) is 3.34. The van der Waals surface area contributed by atoms with Gasteiger partial charge in [-0.15, -0.1) is 0 Å². The number of rotatable bonds is 5. The molecule has 0 unspecified atom stereocenters. The molecule has 0 fully saturated rings.